The van der Waals surface area contributed by atoms with Gasteiger partial charge < -0.3 is 5.73 Å². The fourth-order valence-corrected chi connectivity index (χ4v) is 2.62. The van der Waals surface area contributed by atoms with E-state index in [1.165, 1.54) is 6.07 Å². The lowest BCUT2D eigenvalue weighted by Gasteiger charge is -2.45. The van der Waals surface area contributed by atoms with Gasteiger partial charge in [-0.1, -0.05) is 17.9 Å². The van der Waals surface area contributed by atoms with Crippen LogP contribution >= 0.6 is 0 Å². The van der Waals surface area contributed by atoms with Crippen LogP contribution in [0.1, 0.15) is 25.0 Å². The summed E-state index contributed by atoms with van der Waals surface area (Å²) in [5.74, 6) is 5.42. The fraction of sp³-hybridized carbons (Fsp3) is 0.529. The Kier molecular flexibility index (Phi) is 5.00. The zero-order valence-electron chi connectivity index (χ0n) is 13.1. The molecule has 0 atom stereocenters. The number of hydrogen-bond acceptors (Lipinski definition) is 3. The molecule has 2 N–H and O–H groups in total. The van der Waals surface area contributed by atoms with Crippen LogP contribution in [0.5, 0.6) is 0 Å². The van der Waals surface area contributed by atoms with Gasteiger partial charge in [-0.15, -0.1) is 0 Å². The van der Waals surface area contributed by atoms with Crippen molar-refractivity contribution in [3.63, 3.8) is 0 Å². The van der Waals surface area contributed by atoms with Crippen molar-refractivity contribution in [2.24, 2.45) is 5.73 Å². The summed E-state index contributed by atoms with van der Waals surface area (Å²) in [5.41, 5.74) is 6.86. The molecule has 1 saturated heterocycles. The van der Waals surface area contributed by atoms with Crippen molar-refractivity contribution in [3.8, 4) is 11.8 Å². The second-order valence-corrected chi connectivity index (χ2v) is 6.26. The van der Waals surface area contributed by atoms with E-state index in [0.717, 1.165) is 25.2 Å². The Morgan fingerprint density at radius 3 is 2.71 bits per heavy atom. The van der Waals surface area contributed by atoms with Crippen molar-refractivity contribution in [3.05, 3.63) is 35.1 Å². The Hall–Kier alpha value is -1.41. The average molecular weight is 289 g/mol. The van der Waals surface area contributed by atoms with Gasteiger partial charge in [0.2, 0.25) is 0 Å². The molecule has 2 rings (SSSR count). The highest BCUT2D eigenvalue weighted by Crippen LogP contribution is 2.21. The summed E-state index contributed by atoms with van der Waals surface area (Å²) in [4.78, 5) is 4.66. The number of benzene rings is 1. The quantitative estimate of drug-likeness (QED) is 0.841. The molecule has 0 aliphatic carbocycles. The largest absolute Gasteiger partial charge is 0.320 e. The predicted molar refractivity (Wildman–Crippen MR) is 84.3 cm³/mol. The summed E-state index contributed by atoms with van der Waals surface area (Å²) >= 11 is 0. The first kappa shape index (κ1) is 16.0. The normalized spacial score (nSPS) is 19.1. The number of rotatable bonds is 2. The van der Waals surface area contributed by atoms with Gasteiger partial charge in [-0.2, -0.15) is 0 Å². The molecule has 114 valence electrons. The third-order valence-electron chi connectivity index (χ3n) is 4.18. The minimum Gasteiger partial charge on any atom is -0.320 e. The van der Waals surface area contributed by atoms with E-state index >= 15 is 0 Å². The van der Waals surface area contributed by atoms with E-state index in [-0.39, 0.29) is 11.4 Å². The molecule has 4 heteroatoms. The van der Waals surface area contributed by atoms with Gasteiger partial charge >= 0.3 is 0 Å². The molecule has 1 heterocycles. The van der Waals surface area contributed by atoms with E-state index in [4.69, 9.17) is 5.73 Å². The lowest BCUT2D eigenvalue weighted by Crippen LogP contribution is -2.57. The summed E-state index contributed by atoms with van der Waals surface area (Å²) in [6, 6.07) is 5.20. The zero-order valence-corrected chi connectivity index (χ0v) is 13.1. The van der Waals surface area contributed by atoms with Crippen LogP contribution in [0.15, 0.2) is 18.2 Å². The number of piperazine rings is 1. The lowest BCUT2D eigenvalue weighted by atomic mass is 9.99. The van der Waals surface area contributed by atoms with Crippen molar-refractivity contribution in [1.82, 2.24) is 9.80 Å². The summed E-state index contributed by atoms with van der Waals surface area (Å²) in [5, 5.41) is 0. The Morgan fingerprint density at radius 1 is 1.33 bits per heavy atom. The van der Waals surface area contributed by atoms with Gasteiger partial charge in [0.05, 0.1) is 6.54 Å². The van der Waals surface area contributed by atoms with Crippen LogP contribution in [0.2, 0.25) is 0 Å². The van der Waals surface area contributed by atoms with E-state index in [9.17, 15) is 4.39 Å². The molecule has 21 heavy (non-hydrogen) atoms. The van der Waals surface area contributed by atoms with Gasteiger partial charge in [0, 0.05) is 42.8 Å². The van der Waals surface area contributed by atoms with E-state index < -0.39 is 0 Å². The molecule has 1 fully saturated rings. The average Bonchev–Trinajstić information content (AvgIpc) is 2.43. The lowest BCUT2D eigenvalue weighted by molar-refractivity contribution is 0.0355. The second kappa shape index (κ2) is 6.57. The molecule has 0 amide bonds. The highest BCUT2D eigenvalue weighted by molar-refractivity contribution is 5.37. The third kappa shape index (κ3) is 4.04. The maximum absolute atomic E-state index is 14.2. The minimum absolute atomic E-state index is 0.126. The molecule has 0 saturated carbocycles. The molecule has 0 aromatic heterocycles. The maximum Gasteiger partial charge on any atom is 0.128 e. The Labute approximate surface area is 126 Å². The number of hydrogen-bond donors (Lipinski definition) is 1. The van der Waals surface area contributed by atoms with E-state index in [0.29, 0.717) is 18.7 Å². The monoisotopic (exact) mass is 289 g/mol. The number of nitrogens with zero attached hydrogens (tertiary/aromatic N) is 2. The first-order valence-corrected chi connectivity index (χ1v) is 7.33. The molecule has 0 bridgehead atoms. The van der Waals surface area contributed by atoms with Gasteiger partial charge in [0.1, 0.15) is 5.82 Å². The van der Waals surface area contributed by atoms with Crippen LogP contribution in [0.3, 0.4) is 0 Å². The number of likely N-dealkylation sites (N-methyl/N-ethyl adjacent to an activating group) is 1. The van der Waals surface area contributed by atoms with E-state index in [1.54, 1.807) is 0 Å². The maximum atomic E-state index is 14.2. The van der Waals surface area contributed by atoms with Crippen molar-refractivity contribution < 1.29 is 4.39 Å². The van der Waals surface area contributed by atoms with Gasteiger partial charge in [-0.25, -0.2) is 4.39 Å². The van der Waals surface area contributed by atoms with Crippen LogP contribution in [0, 0.1) is 17.7 Å². The Balaban J connectivity index is 2.06. The van der Waals surface area contributed by atoms with E-state index in [2.05, 4.69) is 42.5 Å². The molecular formula is C17H24FN3. The van der Waals surface area contributed by atoms with Crippen molar-refractivity contribution in [2.45, 2.75) is 25.9 Å². The summed E-state index contributed by atoms with van der Waals surface area (Å²) < 4.78 is 14.2. The third-order valence-corrected chi connectivity index (χ3v) is 4.18. The van der Waals surface area contributed by atoms with Gasteiger partial charge in [-0.05, 0) is 33.0 Å². The molecule has 1 aromatic rings. The number of nitrogens with two attached hydrogens (primary N) is 1. The Bertz CT molecular complexity index is 557. The fourth-order valence-electron chi connectivity index (χ4n) is 2.62. The van der Waals surface area contributed by atoms with E-state index in [1.807, 2.05) is 12.1 Å². The van der Waals surface area contributed by atoms with Crippen LogP contribution < -0.4 is 5.73 Å². The van der Waals surface area contributed by atoms with Crippen molar-refractivity contribution in [2.75, 3.05) is 33.2 Å². The molecule has 0 radical (unpaired) electrons. The van der Waals surface area contributed by atoms with Crippen LogP contribution in [0.25, 0.3) is 0 Å². The highest BCUT2D eigenvalue weighted by atomic mass is 19.1. The predicted octanol–water partition coefficient (Wildman–Crippen LogP) is 1.66. The smallest absolute Gasteiger partial charge is 0.128 e. The molecule has 1 aromatic carbocycles. The van der Waals surface area contributed by atoms with Crippen molar-refractivity contribution >= 4 is 0 Å². The molecule has 0 unspecified atom stereocenters. The minimum atomic E-state index is -0.185. The van der Waals surface area contributed by atoms with Crippen molar-refractivity contribution in [1.29, 1.82) is 0 Å². The molecule has 0 spiro atoms. The zero-order chi connectivity index (χ0) is 15.5. The summed E-state index contributed by atoms with van der Waals surface area (Å²) in [6.07, 6.45) is 0. The molecule has 3 nitrogen and oxygen atoms in total. The van der Waals surface area contributed by atoms with Crippen LogP contribution in [-0.4, -0.2) is 48.6 Å². The topological polar surface area (TPSA) is 32.5 Å². The van der Waals surface area contributed by atoms with Crippen LogP contribution in [-0.2, 0) is 6.54 Å². The van der Waals surface area contributed by atoms with Gasteiger partial charge in [0.15, 0.2) is 0 Å². The van der Waals surface area contributed by atoms with Gasteiger partial charge in [0.25, 0.3) is 0 Å². The SMILES string of the molecule is CN1CCN(Cc2ccc(C#CCN)cc2F)CC1(C)C. The number of halogens is 1. The molecular weight excluding hydrogens is 265 g/mol. The standard InChI is InChI=1S/C17H24FN3/c1-17(2)13-21(10-9-20(17)3)12-15-7-6-14(5-4-8-19)11-16(15)18/h6-7,11H,8-10,12-13,19H2,1-3H3. The summed E-state index contributed by atoms with van der Waals surface area (Å²) in [7, 11) is 2.14. The van der Waals surface area contributed by atoms with Gasteiger partial charge in [-0.3, -0.25) is 9.80 Å². The first-order valence-electron chi connectivity index (χ1n) is 7.33. The van der Waals surface area contributed by atoms with Crippen LogP contribution in [0.4, 0.5) is 4.39 Å². The first-order chi connectivity index (χ1) is 9.92. The summed E-state index contributed by atoms with van der Waals surface area (Å²) in [6.45, 7) is 8.30. The highest BCUT2D eigenvalue weighted by Gasteiger charge is 2.31. The molecule has 1 aliphatic rings. The second-order valence-electron chi connectivity index (χ2n) is 6.26. The molecule has 1 aliphatic heterocycles. The Morgan fingerprint density at radius 2 is 2.10 bits per heavy atom.